The summed E-state index contributed by atoms with van der Waals surface area (Å²) in [7, 11) is 0. The predicted octanol–water partition coefficient (Wildman–Crippen LogP) is 4.29. The molecule has 1 N–H and O–H groups in total. The van der Waals surface area contributed by atoms with Gasteiger partial charge in [-0.25, -0.2) is 9.97 Å². The van der Waals surface area contributed by atoms with Crippen LogP contribution >= 0.6 is 0 Å². The van der Waals surface area contributed by atoms with Gasteiger partial charge in [-0.15, -0.1) is 0 Å². The third-order valence-electron chi connectivity index (χ3n) is 4.76. The standard InChI is InChI=1S/C21H17N3O3/c25-21(22-10-13-1-2-13)14-3-4-17-18(9-14)24-20(16-6-8-27-12-16)19(23-17)15-5-7-26-11-15/h3-9,11-13H,1-2,10H2,(H,22,25). The molecule has 0 unspecified atom stereocenters. The van der Waals surface area contributed by atoms with Crippen LogP contribution in [0.3, 0.4) is 0 Å². The SMILES string of the molecule is O=C(NCC1CC1)c1ccc2nc(-c3ccoc3)c(-c3ccoc3)nc2c1. The number of furan rings is 2. The Bertz CT molecular complexity index is 1100. The second-order valence-electron chi connectivity index (χ2n) is 6.80. The van der Waals surface area contributed by atoms with E-state index in [0.717, 1.165) is 23.2 Å². The molecule has 1 amide bonds. The van der Waals surface area contributed by atoms with Crippen LogP contribution in [0.25, 0.3) is 33.5 Å². The van der Waals surface area contributed by atoms with Gasteiger partial charge in [-0.3, -0.25) is 4.79 Å². The van der Waals surface area contributed by atoms with Crippen molar-refractivity contribution in [2.45, 2.75) is 12.8 Å². The first-order valence-corrected chi connectivity index (χ1v) is 8.93. The topological polar surface area (TPSA) is 81.2 Å². The van der Waals surface area contributed by atoms with Gasteiger partial charge in [-0.05, 0) is 49.1 Å². The van der Waals surface area contributed by atoms with Crippen molar-refractivity contribution in [1.82, 2.24) is 15.3 Å². The lowest BCUT2D eigenvalue weighted by atomic mass is 10.1. The van der Waals surface area contributed by atoms with Crippen molar-refractivity contribution in [1.29, 1.82) is 0 Å². The Hall–Kier alpha value is -3.41. The molecule has 6 nitrogen and oxygen atoms in total. The molecule has 6 heteroatoms. The maximum absolute atomic E-state index is 12.4. The Morgan fingerprint density at radius 3 is 2.22 bits per heavy atom. The van der Waals surface area contributed by atoms with Crippen LogP contribution < -0.4 is 5.32 Å². The highest BCUT2D eigenvalue weighted by molar-refractivity contribution is 5.98. The van der Waals surface area contributed by atoms with Gasteiger partial charge in [0.1, 0.15) is 11.4 Å². The van der Waals surface area contributed by atoms with Gasteiger partial charge in [0.15, 0.2) is 0 Å². The molecule has 27 heavy (non-hydrogen) atoms. The minimum Gasteiger partial charge on any atom is -0.472 e. The number of benzene rings is 1. The minimum absolute atomic E-state index is 0.0747. The number of rotatable bonds is 5. The quantitative estimate of drug-likeness (QED) is 0.575. The van der Waals surface area contributed by atoms with Crippen LogP contribution in [-0.2, 0) is 0 Å². The number of nitrogens with one attached hydrogen (secondary N) is 1. The molecule has 0 radical (unpaired) electrons. The van der Waals surface area contributed by atoms with E-state index in [2.05, 4.69) is 5.32 Å². The maximum atomic E-state index is 12.4. The van der Waals surface area contributed by atoms with E-state index in [9.17, 15) is 4.79 Å². The summed E-state index contributed by atoms with van der Waals surface area (Å²) in [6, 6.07) is 9.09. The van der Waals surface area contributed by atoms with Crippen molar-refractivity contribution in [3.05, 3.63) is 60.9 Å². The van der Waals surface area contributed by atoms with Gasteiger partial charge in [-0.1, -0.05) is 0 Å². The third kappa shape index (κ3) is 3.10. The highest BCUT2D eigenvalue weighted by Gasteiger charge is 2.22. The van der Waals surface area contributed by atoms with Crippen LogP contribution in [0.2, 0.25) is 0 Å². The van der Waals surface area contributed by atoms with Crippen LogP contribution in [0.15, 0.2) is 64.2 Å². The molecule has 3 heterocycles. The molecule has 0 bridgehead atoms. The summed E-state index contributed by atoms with van der Waals surface area (Å²) in [4.78, 5) is 21.9. The smallest absolute Gasteiger partial charge is 0.251 e. The number of aromatic nitrogens is 2. The molecule has 1 aliphatic carbocycles. The lowest BCUT2D eigenvalue weighted by Gasteiger charge is -2.09. The average Bonchev–Trinajstić information content (AvgIpc) is 3.14. The lowest BCUT2D eigenvalue weighted by molar-refractivity contribution is 0.0952. The zero-order valence-corrected chi connectivity index (χ0v) is 14.5. The first-order chi connectivity index (χ1) is 13.3. The molecule has 0 spiro atoms. The van der Waals surface area contributed by atoms with E-state index in [1.165, 1.54) is 12.8 Å². The fraction of sp³-hybridized carbons (Fsp3) is 0.190. The zero-order valence-electron chi connectivity index (χ0n) is 14.5. The number of carbonyl (C=O) groups is 1. The van der Waals surface area contributed by atoms with Gasteiger partial charge in [0.2, 0.25) is 0 Å². The normalized spacial score (nSPS) is 13.8. The number of fused-ring (bicyclic) bond motifs is 1. The van der Waals surface area contributed by atoms with Crippen LogP contribution in [-0.4, -0.2) is 22.4 Å². The van der Waals surface area contributed by atoms with Crippen LogP contribution in [0.4, 0.5) is 0 Å². The molecule has 0 saturated heterocycles. The molecular weight excluding hydrogens is 342 g/mol. The Balaban J connectivity index is 1.58. The van der Waals surface area contributed by atoms with Crippen LogP contribution in [0.5, 0.6) is 0 Å². The molecule has 1 fully saturated rings. The molecule has 3 aromatic heterocycles. The van der Waals surface area contributed by atoms with Gasteiger partial charge in [-0.2, -0.15) is 0 Å². The summed E-state index contributed by atoms with van der Waals surface area (Å²) in [5.41, 5.74) is 5.04. The van der Waals surface area contributed by atoms with Crippen LogP contribution in [0.1, 0.15) is 23.2 Å². The van der Waals surface area contributed by atoms with Gasteiger partial charge >= 0.3 is 0 Å². The average molecular weight is 359 g/mol. The molecule has 4 aromatic rings. The number of amides is 1. The van der Waals surface area contributed by atoms with Crippen LogP contribution in [0, 0.1) is 5.92 Å². The van der Waals surface area contributed by atoms with Gasteiger partial charge in [0.05, 0.1) is 36.1 Å². The Morgan fingerprint density at radius 2 is 1.63 bits per heavy atom. The molecular formula is C21H17N3O3. The number of hydrogen-bond donors (Lipinski definition) is 1. The highest BCUT2D eigenvalue weighted by Crippen LogP contribution is 2.32. The summed E-state index contributed by atoms with van der Waals surface area (Å²) in [5.74, 6) is 0.564. The van der Waals surface area contributed by atoms with Gasteiger partial charge in [0, 0.05) is 23.2 Å². The number of nitrogens with zero attached hydrogens (tertiary/aromatic N) is 2. The Morgan fingerprint density at radius 1 is 0.963 bits per heavy atom. The summed E-state index contributed by atoms with van der Waals surface area (Å²) < 4.78 is 10.4. The zero-order chi connectivity index (χ0) is 18.2. The molecule has 1 saturated carbocycles. The van der Waals surface area contributed by atoms with E-state index < -0.39 is 0 Å². The monoisotopic (exact) mass is 359 g/mol. The molecule has 0 aliphatic heterocycles. The van der Waals surface area contributed by atoms with E-state index >= 15 is 0 Å². The summed E-state index contributed by atoms with van der Waals surface area (Å²) >= 11 is 0. The van der Waals surface area contributed by atoms with E-state index in [4.69, 9.17) is 18.8 Å². The number of hydrogen-bond acceptors (Lipinski definition) is 5. The summed E-state index contributed by atoms with van der Waals surface area (Å²) in [6.07, 6.45) is 8.88. The van der Waals surface area contributed by atoms with Crippen molar-refractivity contribution >= 4 is 16.9 Å². The summed E-state index contributed by atoms with van der Waals surface area (Å²) in [5, 5.41) is 2.99. The first-order valence-electron chi connectivity index (χ1n) is 8.93. The van der Waals surface area contributed by atoms with Crippen molar-refractivity contribution < 1.29 is 13.6 Å². The molecule has 134 valence electrons. The second-order valence-corrected chi connectivity index (χ2v) is 6.80. The molecule has 1 aliphatic rings. The molecule has 5 rings (SSSR count). The Labute approximate surface area is 155 Å². The fourth-order valence-corrected chi connectivity index (χ4v) is 3.06. The molecule has 1 aromatic carbocycles. The largest absolute Gasteiger partial charge is 0.472 e. The van der Waals surface area contributed by atoms with Gasteiger partial charge < -0.3 is 14.2 Å². The van der Waals surface area contributed by atoms with Crippen molar-refractivity contribution in [3.63, 3.8) is 0 Å². The fourth-order valence-electron chi connectivity index (χ4n) is 3.06. The lowest BCUT2D eigenvalue weighted by Crippen LogP contribution is -2.25. The maximum Gasteiger partial charge on any atom is 0.251 e. The van der Waals surface area contributed by atoms with Crippen molar-refractivity contribution in [3.8, 4) is 22.5 Å². The van der Waals surface area contributed by atoms with E-state index in [1.807, 2.05) is 18.2 Å². The van der Waals surface area contributed by atoms with E-state index in [-0.39, 0.29) is 5.91 Å². The highest BCUT2D eigenvalue weighted by atomic mass is 16.3. The number of carbonyl (C=O) groups excluding carboxylic acids is 1. The third-order valence-corrected chi connectivity index (χ3v) is 4.76. The van der Waals surface area contributed by atoms with Crippen molar-refractivity contribution in [2.24, 2.45) is 5.92 Å². The van der Waals surface area contributed by atoms with Gasteiger partial charge in [0.25, 0.3) is 5.91 Å². The van der Waals surface area contributed by atoms with Crippen molar-refractivity contribution in [2.75, 3.05) is 6.54 Å². The van der Waals surface area contributed by atoms with E-state index in [1.54, 1.807) is 37.2 Å². The molecule has 0 atom stereocenters. The van der Waals surface area contributed by atoms with E-state index in [0.29, 0.717) is 28.4 Å². The summed E-state index contributed by atoms with van der Waals surface area (Å²) in [6.45, 7) is 0.738. The predicted molar refractivity (Wildman–Crippen MR) is 100.0 cm³/mol. The minimum atomic E-state index is -0.0747. The second kappa shape index (κ2) is 6.39. The first kappa shape index (κ1) is 15.8. The Kier molecular flexibility index (Phi) is 3.74.